The van der Waals surface area contributed by atoms with Crippen molar-refractivity contribution in [1.29, 1.82) is 0 Å². The Morgan fingerprint density at radius 3 is 1.20 bits per heavy atom. The van der Waals surface area contributed by atoms with Gasteiger partial charge in [0.05, 0.1) is 33.8 Å². The number of rotatable bonds is 56. The number of carbonyl (C=O) groups is 2. The summed E-state index contributed by atoms with van der Waals surface area (Å²) in [6.07, 6.45) is 60.3. The normalized spacial score (nSPS) is 13.8. The average Bonchev–Trinajstić information content (AvgIpc) is 3.33. The van der Waals surface area contributed by atoms with Crippen molar-refractivity contribution in [3.05, 3.63) is 24.3 Å². The van der Waals surface area contributed by atoms with Gasteiger partial charge in [-0.2, -0.15) is 0 Å². The molecule has 0 aromatic heterocycles. The van der Waals surface area contributed by atoms with Crippen LogP contribution in [0, 0.1) is 0 Å². The number of amides is 1. The van der Waals surface area contributed by atoms with Crippen molar-refractivity contribution in [3.8, 4) is 0 Å². The number of likely N-dealkylation sites (N-methyl/N-ethyl adjacent to an activating group) is 1. The second-order valence-electron chi connectivity index (χ2n) is 22.2. The average molecular weight is 1020 g/mol. The van der Waals surface area contributed by atoms with Gasteiger partial charge in [-0.15, -0.1) is 0 Å². The van der Waals surface area contributed by atoms with E-state index in [2.05, 4.69) is 38.2 Å². The molecule has 0 aromatic rings. The van der Waals surface area contributed by atoms with E-state index in [1.807, 2.05) is 33.3 Å². The highest BCUT2D eigenvalue weighted by molar-refractivity contribution is 7.47. The molecule has 0 saturated carbocycles. The third-order valence-corrected chi connectivity index (χ3v) is 14.9. The zero-order valence-electron chi connectivity index (χ0n) is 48.0. The minimum atomic E-state index is -4.44. The van der Waals surface area contributed by atoms with Crippen LogP contribution < -0.4 is 5.32 Å². The molecule has 0 radical (unpaired) electrons. The van der Waals surface area contributed by atoms with Crippen LogP contribution in [-0.2, 0) is 27.9 Å². The number of ether oxygens (including phenoxy) is 1. The first-order chi connectivity index (χ1) is 34.4. The van der Waals surface area contributed by atoms with Crippen LogP contribution in [0.5, 0.6) is 0 Å². The summed E-state index contributed by atoms with van der Waals surface area (Å²) in [5, 5.41) is 3.06. The maximum Gasteiger partial charge on any atom is 0.472 e. The zero-order chi connectivity index (χ0) is 52.2. The third kappa shape index (κ3) is 53.1. The number of unbranched alkanes of at least 4 members (excludes halogenated alkanes) is 38. The summed E-state index contributed by atoms with van der Waals surface area (Å²) < 4.78 is 30.7. The summed E-state index contributed by atoms with van der Waals surface area (Å²) in [5.74, 6) is -0.492. The lowest BCUT2D eigenvalue weighted by Gasteiger charge is -2.27. The van der Waals surface area contributed by atoms with E-state index >= 15 is 0 Å². The largest absolute Gasteiger partial charge is 0.472 e. The fourth-order valence-corrected chi connectivity index (χ4v) is 9.85. The highest BCUT2D eigenvalue weighted by atomic mass is 31.2. The molecular weight excluding hydrogens is 904 g/mol. The minimum Gasteiger partial charge on any atom is -0.456 e. The highest BCUT2D eigenvalue weighted by Gasteiger charge is 2.30. The number of hydrogen-bond donors (Lipinski definition) is 2. The van der Waals surface area contributed by atoms with Crippen molar-refractivity contribution in [1.82, 2.24) is 5.32 Å². The van der Waals surface area contributed by atoms with Gasteiger partial charge in [0.25, 0.3) is 0 Å². The molecule has 420 valence electrons. The minimum absolute atomic E-state index is 0.0437. The summed E-state index contributed by atoms with van der Waals surface area (Å²) in [6, 6.07) is -0.841. The van der Waals surface area contributed by atoms with Crippen LogP contribution in [-0.4, -0.2) is 74.3 Å². The molecule has 0 heterocycles. The molecule has 3 unspecified atom stereocenters. The summed E-state index contributed by atoms with van der Waals surface area (Å²) >= 11 is 0. The maximum atomic E-state index is 13.5. The number of esters is 1. The summed E-state index contributed by atoms with van der Waals surface area (Å²) in [6.45, 7) is 7.04. The Morgan fingerprint density at radius 2 is 0.817 bits per heavy atom. The predicted molar refractivity (Wildman–Crippen MR) is 305 cm³/mol. The van der Waals surface area contributed by atoms with E-state index < -0.39 is 20.0 Å². The molecule has 0 fully saturated rings. The van der Waals surface area contributed by atoms with E-state index in [0.29, 0.717) is 23.9 Å². The van der Waals surface area contributed by atoms with Crippen molar-refractivity contribution in [3.63, 3.8) is 0 Å². The molecule has 0 spiro atoms. The number of carbonyl (C=O) groups excluding carboxylic acids is 2. The van der Waals surface area contributed by atoms with Crippen LogP contribution in [0.3, 0.4) is 0 Å². The van der Waals surface area contributed by atoms with E-state index in [0.717, 1.165) is 57.8 Å². The molecular formula is C61H120N2O7P+. The number of allylic oxidation sites excluding steroid dienone is 3. The Balaban J connectivity index is 5.18. The molecule has 2 N–H and O–H groups in total. The second kappa shape index (κ2) is 52.0. The molecule has 0 rings (SSSR count). The molecule has 0 aliphatic heterocycles. The van der Waals surface area contributed by atoms with Gasteiger partial charge in [0.2, 0.25) is 5.91 Å². The van der Waals surface area contributed by atoms with Crippen LogP contribution >= 0.6 is 7.82 Å². The smallest absolute Gasteiger partial charge is 0.456 e. The van der Waals surface area contributed by atoms with Gasteiger partial charge in [-0.25, -0.2) is 4.57 Å². The van der Waals surface area contributed by atoms with Gasteiger partial charge in [0.1, 0.15) is 19.3 Å². The van der Waals surface area contributed by atoms with Crippen molar-refractivity contribution >= 4 is 19.7 Å². The molecule has 0 saturated heterocycles. The Labute approximate surface area is 441 Å². The second-order valence-corrected chi connectivity index (χ2v) is 23.7. The standard InChI is InChI=1S/C61H119N2O7P/c1-7-10-13-16-19-22-25-27-28-29-30-31-32-33-34-36-39-41-44-47-50-53-60(64)62-58(57-69-71(66,67)68-56-55-63(4,5)6)59(52-49-46-43-40-38-35-26-23-20-17-14-11-8-2)70-61(65)54-51-48-45-42-37-24-21-18-15-12-9-3/h27-28,49,52,58-59H,7-26,29-48,50-51,53-57H2,1-6H3,(H-,62,64,66,67)/p+1/b28-27+,52-49+. The molecule has 0 bridgehead atoms. The van der Waals surface area contributed by atoms with Gasteiger partial charge in [-0.05, 0) is 57.4 Å². The molecule has 10 heteroatoms. The Hall–Kier alpha value is -1.51. The first-order valence-corrected chi connectivity index (χ1v) is 32.2. The van der Waals surface area contributed by atoms with Crippen LogP contribution in [0.15, 0.2) is 24.3 Å². The zero-order valence-corrected chi connectivity index (χ0v) is 48.9. The van der Waals surface area contributed by atoms with Crippen LogP contribution in [0.4, 0.5) is 0 Å². The molecule has 0 aliphatic rings. The quantitative estimate of drug-likeness (QED) is 0.0205. The van der Waals surface area contributed by atoms with Crippen molar-refractivity contribution in [2.75, 3.05) is 40.9 Å². The van der Waals surface area contributed by atoms with Crippen molar-refractivity contribution in [2.24, 2.45) is 0 Å². The van der Waals surface area contributed by atoms with Gasteiger partial charge in [0, 0.05) is 12.8 Å². The van der Waals surface area contributed by atoms with Gasteiger partial charge >= 0.3 is 13.8 Å². The van der Waals surface area contributed by atoms with Crippen molar-refractivity contribution in [2.45, 2.75) is 315 Å². The molecule has 3 atom stereocenters. The molecule has 0 aliphatic carbocycles. The van der Waals surface area contributed by atoms with E-state index in [9.17, 15) is 19.0 Å². The summed E-state index contributed by atoms with van der Waals surface area (Å²) in [5.41, 5.74) is 0. The predicted octanol–water partition coefficient (Wildman–Crippen LogP) is 18.6. The number of phosphoric ester groups is 1. The fraction of sp³-hybridized carbons (Fsp3) is 0.902. The van der Waals surface area contributed by atoms with Gasteiger partial charge in [-0.1, -0.05) is 257 Å². The molecule has 71 heavy (non-hydrogen) atoms. The van der Waals surface area contributed by atoms with Crippen molar-refractivity contribution < 1.29 is 37.3 Å². The number of nitrogens with one attached hydrogen (secondary N) is 1. The monoisotopic (exact) mass is 1020 g/mol. The van der Waals surface area contributed by atoms with E-state index in [-0.39, 0.29) is 25.1 Å². The lowest BCUT2D eigenvalue weighted by molar-refractivity contribution is -0.870. The van der Waals surface area contributed by atoms with E-state index in [4.69, 9.17) is 13.8 Å². The Kier molecular flexibility index (Phi) is 50.8. The Bertz CT molecular complexity index is 1270. The number of quaternary nitrogens is 1. The molecule has 9 nitrogen and oxygen atoms in total. The first kappa shape index (κ1) is 69.5. The van der Waals surface area contributed by atoms with Crippen LogP contribution in [0.1, 0.15) is 303 Å². The van der Waals surface area contributed by atoms with Crippen LogP contribution in [0.25, 0.3) is 0 Å². The summed E-state index contributed by atoms with van der Waals surface area (Å²) in [4.78, 5) is 37.6. The molecule has 1 amide bonds. The number of phosphoric acid groups is 1. The lowest BCUT2D eigenvalue weighted by Crippen LogP contribution is -2.47. The first-order valence-electron chi connectivity index (χ1n) is 30.7. The highest BCUT2D eigenvalue weighted by Crippen LogP contribution is 2.43. The number of nitrogens with zero attached hydrogens (tertiary/aromatic N) is 1. The fourth-order valence-electron chi connectivity index (χ4n) is 9.11. The summed E-state index contributed by atoms with van der Waals surface area (Å²) in [7, 11) is 1.51. The van der Waals surface area contributed by atoms with E-state index in [1.165, 1.54) is 212 Å². The maximum absolute atomic E-state index is 13.5. The van der Waals surface area contributed by atoms with Crippen LogP contribution in [0.2, 0.25) is 0 Å². The van der Waals surface area contributed by atoms with E-state index in [1.54, 1.807) is 0 Å². The van der Waals surface area contributed by atoms with Gasteiger partial charge < -0.3 is 19.4 Å². The van der Waals surface area contributed by atoms with Gasteiger partial charge in [0.15, 0.2) is 0 Å². The third-order valence-electron chi connectivity index (χ3n) is 13.9. The van der Waals surface area contributed by atoms with Gasteiger partial charge in [-0.3, -0.25) is 18.6 Å². The SMILES string of the molecule is CCCCCCCC/C=C/CCCCCCCCCCCCCC(=O)NC(COP(=O)(O)OCC[N+](C)(C)C)C(/C=C/CCCCCCCCCCCCC)OC(=O)CCCCCCCCCCCCC. The number of hydrogen-bond acceptors (Lipinski definition) is 6. The Morgan fingerprint density at radius 1 is 0.479 bits per heavy atom. The topological polar surface area (TPSA) is 111 Å². The lowest BCUT2D eigenvalue weighted by atomic mass is 10.0. The molecule has 0 aromatic carbocycles.